The highest BCUT2D eigenvalue weighted by Gasteiger charge is 2.19. The monoisotopic (exact) mass is 380 g/mol. The minimum absolute atomic E-state index is 0.264. The van der Waals surface area contributed by atoms with Crippen molar-refractivity contribution in [3.05, 3.63) is 59.7 Å². The second kappa shape index (κ2) is 7.72. The normalized spacial score (nSPS) is 14.9. The predicted molar refractivity (Wildman–Crippen MR) is 109 cm³/mol. The van der Waals surface area contributed by atoms with Crippen molar-refractivity contribution in [2.75, 3.05) is 18.4 Å². The molecule has 28 heavy (non-hydrogen) atoms. The molecular formula is C22H25FN4O. The van der Waals surface area contributed by atoms with Crippen LogP contribution in [0.15, 0.2) is 42.5 Å². The molecule has 1 aromatic heterocycles. The van der Waals surface area contributed by atoms with Crippen molar-refractivity contribution >= 4 is 22.6 Å². The summed E-state index contributed by atoms with van der Waals surface area (Å²) in [6, 6.07) is 11.6. The average Bonchev–Trinajstić information content (AvgIpc) is 3.29. The maximum Gasteiger partial charge on any atom is 0.255 e. The lowest BCUT2D eigenvalue weighted by Gasteiger charge is -2.18. The number of nitrogens with one attached hydrogen (secondary N) is 1. The van der Waals surface area contributed by atoms with Crippen molar-refractivity contribution < 1.29 is 9.18 Å². The van der Waals surface area contributed by atoms with Crippen molar-refractivity contribution in [2.45, 2.75) is 39.3 Å². The molecule has 3 aromatic rings. The quantitative estimate of drug-likeness (QED) is 0.703. The standard InChI is InChI=1S/C22H25FN4O/c1-15(2)27-20-10-9-18(24-22(28)16-5-7-17(23)8-6-16)13-19(20)25-21(27)14-26-11-3-4-12-26/h5-10,13,15H,3-4,11-12,14H2,1-2H3,(H,24,28). The maximum atomic E-state index is 13.1. The number of hydrogen-bond donors (Lipinski definition) is 1. The number of halogens is 1. The molecule has 2 aromatic carbocycles. The van der Waals surface area contributed by atoms with Crippen LogP contribution in [0.25, 0.3) is 11.0 Å². The maximum absolute atomic E-state index is 13.1. The van der Waals surface area contributed by atoms with Crippen molar-refractivity contribution in [2.24, 2.45) is 0 Å². The van der Waals surface area contributed by atoms with Crippen LogP contribution in [-0.4, -0.2) is 33.4 Å². The minimum atomic E-state index is -0.359. The third-order valence-corrected chi connectivity index (χ3v) is 5.21. The summed E-state index contributed by atoms with van der Waals surface area (Å²) in [5.41, 5.74) is 3.05. The van der Waals surface area contributed by atoms with E-state index in [1.54, 1.807) is 0 Å². The van der Waals surface area contributed by atoms with E-state index in [0.29, 0.717) is 17.3 Å². The van der Waals surface area contributed by atoms with E-state index >= 15 is 0 Å². The average molecular weight is 380 g/mol. The van der Waals surface area contributed by atoms with Gasteiger partial charge in [0.25, 0.3) is 5.91 Å². The molecule has 1 fully saturated rings. The third kappa shape index (κ3) is 3.78. The van der Waals surface area contributed by atoms with E-state index in [1.807, 2.05) is 18.2 Å². The summed E-state index contributed by atoms with van der Waals surface area (Å²) in [4.78, 5) is 19.7. The van der Waals surface area contributed by atoms with Gasteiger partial charge in [0, 0.05) is 17.3 Å². The van der Waals surface area contributed by atoms with Crippen LogP contribution in [0.2, 0.25) is 0 Å². The van der Waals surface area contributed by atoms with E-state index < -0.39 is 0 Å². The molecule has 0 spiro atoms. The number of anilines is 1. The zero-order valence-electron chi connectivity index (χ0n) is 16.3. The highest BCUT2D eigenvalue weighted by atomic mass is 19.1. The molecule has 0 bridgehead atoms. The first-order valence-corrected chi connectivity index (χ1v) is 9.81. The number of imidazole rings is 1. The number of hydrogen-bond acceptors (Lipinski definition) is 3. The van der Waals surface area contributed by atoms with E-state index in [9.17, 15) is 9.18 Å². The van der Waals surface area contributed by atoms with Crippen LogP contribution in [0.3, 0.4) is 0 Å². The topological polar surface area (TPSA) is 50.2 Å². The minimum Gasteiger partial charge on any atom is -0.324 e. The van der Waals surface area contributed by atoms with E-state index in [4.69, 9.17) is 4.98 Å². The zero-order valence-corrected chi connectivity index (χ0v) is 16.3. The molecule has 1 saturated heterocycles. The molecule has 0 radical (unpaired) electrons. The summed E-state index contributed by atoms with van der Waals surface area (Å²) >= 11 is 0. The Morgan fingerprint density at radius 1 is 1.14 bits per heavy atom. The van der Waals surface area contributed by atoms with Crippen LogP contribution in [-0.2, 0) is 6.54 Å². The van der Waals surface area contributed by atoms with Crippen LogP contribution >= 0.6 is 0 Å². The number of rotatable bonds is 5. The van der Waals surface area contributed by atoms with Crippen molar-refractivity contribution in [3.63, 3.8) is 0 Å². The van der Waals surface area contributed by atoms with Crippen LogP contribution in [0.5, 0.6) is 0 Å². The molecule has 1 N–H and O–H groups in total. The number of nitrogens with zero attached hydrogens (tertiary/aromatic N) is 3. The van der Waals surface area contributed by atoms with Gasteiger partial charge in [-0.2, -0.15) is 0 Å². The smallest absolute Gasteiger partial charge is 0.255 e. The highest BCUT2D eigenvalue weighted by molar-refractivity contribution is 6.04. The molecule has 4 rings (SSSR count). The van der Waals surface area contributed by atoms with Gasteiger partial charge in [0.2, 0.25) is 0 Å². The van der Waals surface area contributed by atoms with E-state index in [2.05, 4.69) is 28.6 Å². The van der Waals surface area contributed by atoms with Gasteiger partial charge in [0.15, 0.2) is 0 Å². The first-order valence-electron chi connectivity index (χ1n) is 9.81. The van der Waals surface area contributed by atoms with Gasteiger partial charge >= 0.3 is 0 Å². The van der Waals surface area contributed by atoms with Gasteiger partial charge in [-0.15, -0.1) is 0 Å². The van der Waals surface area contributed by atoms with Crippen LogP contribution < -0.4 is 5.32 Å². The molecule has 5 nitrogen and oxygen atoms in total. The Balaban J connectivity index is 1.61. The molecule has 146 valence electrons. The van der Waals surface area contributed by atoms with Gasteiger partial charge in [-0.3, -0.25) is 9.69 Å². The Labute approximate surface area is 164 Å². The van der Waals surface area contributed by atoms with Crippen LogP contribution in [0, 0.1) is 5.82 Å². The number of amides is 1. The molecule has 6 heteroatoms. The molecule has 2 heterocycles. The Bertz CT molecular complexity index is 988. The third-order valence-electron chi connectivity index (χ3n) is 5.21. The SMILES string of the molecule is CC(C)n1c(CN2CCCC2)nc2cc(NC(=O)c3ccc(F)cc3)ccc21. The van der Waals surface area contributed by atoms with E-state index in [1.165, 1.54) is 37.1 Å². The highest BCUT2D eigenvalue weighted by Crippen LogP contribution is 2.26. The molecule has 0 unspecified atom stereocenters. The number of aromatic nitrogens is 2. The second-order valence-corrected chi connectivity index (χ2v) is 7.64. The fraction of sp³-hybridized carbons (Fsp3) is 0.364. The van der Waals surface area contributed by atoms with Gasteiger partial charge < -0.3 is 9.88 Å². The largest absolute Gasteiger partial charge is 0.324 e. The zero-order chi connectivity index (χ0) is 19.7. The lowest BCUT2D eigenvalue weighted by atomic mass is 10.2. The first kappa shape index (κ1) is 18.6. The predicted octanol–water partition coefficient (Wildman–Crippen LogP) is 4.60. The first-order chi connectivity index (χ1) is 13.5. The fourth-order valence-electron chi connectivity index (χ4n) is 3.86. The molecule has 0 aliphatic carbocycles. The Morgan fingerprint density at radius 2 is 1.86 bits per heavy atom. The summed E-state index contributed by atoms with van der Waals surface area (Å²) in [5, 5.41) is 2.88. The Morgan fingerprint density at radius 3 is 2.54 bits per heavy atom. The summed E-state index contributed by atoms with van der Waals surface area (Å²) in [7, 11) is 0. The Kier molecular flexibility index (Phi) is 5.13. The van der Waals surface area contributed by atoms with Crippen LogP contribution in [0.1, 0.15) is 48.9 Å². The number of benzene rings is 2. The van der Waals surface area contributed by atoms with Gasteiger partial charge in [-0.1, -0.05) is 0 Å². The Hall–Kier alpha value is -2.73. The summed E-state index contributed by atoms with van der Waals surface area (Å²) < 4.78 is 15.3. The van der Waals surface area contributed by atoms with Gasteiger partial charge in [-0.25, -0.2) is 9.37 Å². The van der Waals surface area contributed by atoms with Gasteiger partial charge in [0.05, 0.1) is 17.6 Å². The fourth-order valence-corrected chi connectivity index (χ4v) is 3.86. The number of likely N-dealkylation sites (tertiary alicyclic amines) is 1. The van der Waals surface area contributed by atoms with Crippen LogP contribution in [0.4, 0.5) is 10.1 Å². The molecule has 0 atom stereocenters. The molecule has 1 amide bonds. The van der Waals surface area contributed by atoms with E-state index in [-0.39, 0.29) is 11.7 Å². The molecule has 1 aliphatic rings. The van der Waals surface area contributed by atoms with Crippen molar-refractivity contribution in [1.29, 1.82) is 0 Å². The summed E-state index contributed by atoms with van der Waals surface area (Å²) in [6.07, 6.45) is 2.50. The lowest BCUT2D eigenvalue weighted by Crippen LogP contribution is -2.21. The van der Waals surface area contributed by atoms with Crippen molar-refractivity contribution in [1.82, 2.24) is 14.5 Å². The number of carbonyl (C=O) groups is 1. The number of fused-ring (bicyclic) bond motifs is 1. The van der Waals surface area contributed by atoms with Gasteiger partial charge in [0.1, 0.15) is 11.6 Å². The van der Waals surface area contributed by atoms with E-state index in [0.717, 1.165) is 36.5 Å². The molecule has 0 saturated carbocycles. The van der Waals surface area contributed by atoms with Crippen molar-refractivity contribution in [3.8, 4) is 0 Å². The summed E-state index contributed by atoms with van der Waals surface area (Å²) in [5.74, 6) is 0.441. The van der Waals surface area contributed by atoms with Gasteiger partial charge in [-0.05, 0) is 82.2 Å². The summed E-state index contributed by atoms with van der Waals surface area (Å²) in [6.45, 7) is 7.43. The lowest BCUT2D eigenvalue weighted by molar-refractivity contribution is 0.102. The second-order valence-electron chi connectivity index (χ2n) is 7.64. The molecular weight excluding hydrogens is 355 g/mol. The number of carbonyl (C=O) groups excluding carboxylic acids is 1. The molecule has 1 aliphatic heterocycles.